The van der Waals surface area contributed by atoms with Crippen molar-refractivity contribution < 1.29 is 9.59 Å². The molecule has 3 amide bonds. The highest BCUT2D eigenvalue weighted by atomic mass is 16.2. The van der Waals surface area contributed by atoms with Gasteiger partial charge in [0.05, 0.1) is 12.7 Å². The van der Waals surface area contributed by atoms with Crippen molar-refractivity contribution in [1.82, 2.24) is 25.2 Å². The van der Waals surface area contributed by atoms with Gasteiger partial charge in [-0.15, -0.1) is 5.10 Å². The third-order valence-corrected chi connectivity index (χ3v) is 5.49. The standard InChI is InChI=1S/C17H25N5O2/c1-11-5-12(2)7-17(6-11)15(23)22(16(24)18-17)10-14-9-21(20-19-14)8-13-3-4-13/h9,11-13H,3-8,10H2,1-2H3,(H,18,24). The quantitative estimate of drug-likeness (QED) is 0.855. The molecular weight excluding hydrogens is 306 g/mol. The number of carbonyl (C=O) groups is 2. The summed E-state index contributed by atoms with van der Waals surface area (Å²) in [6.45, 7) is 5.40. The van der Waals surface area contributed by atoms with Gasteiger partial charge in [-0.25, -0.2) is 4.79 Å². The highest BCUT2D eigenvalue weighted by molar-refractivity contribution is 6.07. The van der Waals surface area contributed by atoms with Crippen LogP contribution in [0.25, 0.3) is 0 Å². The van der Waals surface area contributed by atoms with Crippen molar-refractivity contribution in [3.63, 3.8) is 0 Å². The molecule has 1 N–H and O–H groups in total. The number of urea groups is 1. The van der Waals surface area contributed by atoms with Crippen molar-refractivity contribution in [2.24, 2.45) is 17.8 Å². The lowest BCUT2D eigenvalue weighted by atomic mass is 9.71. The third-order valence-electron chi connectivity index (χ3n) is 5.49. The minimum Gasteiger partial charge on any atom is -0.323 e. The van der Waals surface area contributed by atoms with Crippen LogP contribution in [0.4, 0.5) is 4.79 Å². The number of amides is 3. The monoisotopic (exact) mass is 331 g/mol. The first-order valence-electron chi connectivity index (χ1n) is 8.98. The maximum atomic E-state index is 13.0. The first-order chi connectivity index (χ1) is 11.4. The van der Waals surface area contributed by atoms with Gasteiger partial charge in [0.1, 0.15) is 11.2 Å². The Morgan fingerprint density at radius 3 is 2.62 bits per heavy atom. The van der Waals surface area contributed by atoms with Crippen molar-refractivity contribution in [2.45, 2.75) is 64.6 Å². The Morgan fingerprint density at radius 2 is 1.96 bits per heavy atom. The molecule has 24 heavy (non-hydrogen) atoms. The van der Waals surface area contributed by atoms with Crippen LogP contribution < -0.4 is 5.32 Å². The molecule has 2 saturated carbocycles. The number of imide groups is 1. The van der Waals surface area contributed by atoms with Gasteiger partial charge < -0.3 is 5.32 Å². The van der Waals surface area contributed by atoms with E-state index in [9.17, 15) is 9.59 Å². The van der Waals surface area contributed by atoms with Crippen LogP contribution in [0.5, 0.6) is 0 Å². The van der Waals surface area contributed by atoms with Gasteiger partial charge in [0.25, 0.3) is 5.91 Å². The molecule has 4 rings (SSSR count). The van der Waals surface area contributed by atoms with Gasteiger partial charge in [-0.1, -0.05) is 19.1 Å². The first-order valence-corrected chi connectivity index (χ1v) is 8.98. The summed E-state index contributed by atoms with van der Waals surface area (Å²) in [5.41, 5.74) is -0.0360. The van der Waals surface area contributed by atoms with Crippen molar-refractivity contribution >= 4 is 11.9 Å². The van der Waals surface area contributed by atoms with Crippen LogP contribution in [0.3, 0.4) is 0 Å². The van der Waals surface area contributed by atoms with E-state index in [1.54, 1.807) is 0 Å². The lowest BCUT2D eigenvalue weighted by Crippen LogP contribution is -2.51. The summed E-state index contributed by atoms with van der Waals surface area (Å²) >= 11 is 0. The summed E-state index contributed by atoms with van der Waals surface area (Å²) in [5.74, 6) is 1.50. The molecule has 7 nitrogen and oxygen atoms in total. The molecule has 1 saturated heterocycles. The largest absolute Gasteiger partial charge is 0.325 e. The summed E-state index contributed by atoms with van der Waals surface area (Å²) in [4.78, 5) is 26.7. The van der Waals surface area contributed by atoms with Gasteiger partial charge >= 0.3 is 6.03 Å². The molecule has 0 aromatic carbocycles. The topological polar surface area (TPSA) is 80.1 Å². The molecule has 130 valence electrons. The second-order valence-electron chi connectivity index (χ2n) is 8.13. The van der Waals surface area contributed by atoms with Crippen molar-refractivity contribution in [1.29, 1.82) is 0 Å². The molecule has 1 aromatic heterocycles. The van der Waals surface area contributed by atoms with Gasteiger partial charge in [0.2, 0.25) is 0 Å². The van der Waals surface area contributed by atoms with E-state index in [0.717, 1.165) is 25.8 Å². The predicted molar refractivity (Wildman–Crippen MR) is 86.7 cm³/mol. The maximum Gasteiger partial charge on any atom is 0.325 e. The molecule has 1 aliphatic heterocycles. The van der Waals surface area contributed by atoms with Gasteiger partial charge in [-0.05, 0) is 49.9 Å². The van der Waals surface area contributed by atoms with Crippen LogP contribution in [0.2, 0.25) is 0 Å². The predicted octanol–water partition coefficient (Wildman–Crippen LogP) is 1.93. The number of aromatic nitrogens is 3. The molecule has 2 heterocycles. The molecule has 3 aliphatic rings. The Bertz CT molecular complexity index is 656. The zero-order valence-electron chi connectivity index (χ0n) is 14.4. The molecule has 0 radical (unpaired) electrons. The van der Waals surface area contributed by atoms with Crippen molar-refractivity contribution in [3.8, 4) is 0 Å². The molecule has 7 heteroatoms. The fourth-order valence-electron chi connectivity index (χ4n) is 4.45. The zero-order chi connectivity index (χ0) is 16.9. The molecule has 0 bridgehead atoms. The highest BCUT2D eigenvalue weighted by Gasteiger charge is 2.53. The average molecular weight is 331 g/mol. The van der Waals surface area contributed by atoms with Gasteiger partial charge in [-0.3, -0.25) is 14.4 Å². The molecule has 2 aliphatic carbocycles. The zero-order valence-corrected chi connectivity index (χ0v) is 14.4. The van der Waals surface area contributed by atoms with E-state index >= 15 is 0 Å². The van der Waals surface area contributed by atoms with Crippen LogP contribution in [-0.4, -0.2) is 37.4 Å². The Hall–Kier alpha value is -1.92. The fourth-order valence-corrected chi connectivity index (χ4v) is 4.45. The highest BCUT2D eigenvalue weighted by Crippen LogP contribution is 2.40. The minimum absolute atomic E-state index is 0.0948. The summed E-state index contributed by atoms with van der Waals surface area (Å²) in [6.07, 6.45) is 6.93. The van der Waals surface area contributed by atoms with Gasteiger partial charge in [0, 0.05) is 6.54 Å². The molecule has 3 fully saturated rings. The van der Waals surface area contributed by atoms with E-state index in [4.69, 9.17) is 0 Å². The summed E-state index contributed by atoms with van der Waals surface area (Å²) in [5, 5.41) is 11.2. The lowest BCUT2D eigenvalue weighted by molar-refractivity contribution is -0.134. The van der Waals surface area contributed by atoms with E-state index in [-0.39, 0.29) is 18.5 Å². The Balaban J connectivity index is 1.48. The number of hydrogen-bond donors (Lipinski definition) is 1. The van der Waals surface area contributed by atoms with E-state index in [1.807, 2.05) is 10.9 Å². The van der Waals surface area contributed by atoms with Gasteiger partial charge in [-0.2, -0.15) is 0 Å². The number of carbonyl (C=O) groups excluding carboxylic acids is 2. The number of rotatable bonds is 4. The normalized spacial score (nSPS) is 33.3. The Kier molecular flexibility index (Phi) is 3.62. The van der Waals surface area contributed by atoms with E-state index in [1.165, 1.54) is 17.7 Å². The fraction of sp³-hybridized carbons (Fsp3) is 0.765. The second-order valence-corrected chi connectivity index (χ2v) is 8.13. The molecule has 1 spiro atoms. The molecule has 1 aromatic rings. The number of hydrogen-bond acceptors (Lipinski definition) is 4. The maximum absolute atomic E-state index is 13.0. The smallest absolute Gasteiger partial charge is 0.323 e. The van der Waals surface area contributed by atoms with Crippen LogP contribution in [0, 0.1) is 17.8 Å². The number of nitrogens with one attached hydrogen (secondary N) is 1. The van der Waals surface area contributed by atoms with E-state index in [2.05, 4.69) is 29.5 Å². The third kappa shape index (κ3) is 2.80. The summed E-state index contributed by atoms with van der Waals surface area (Å²) < 4.78 is 1.83. The van der Waals surface area contributed by atoms with E-state index < -0.39 is 5.54 Å². The van der Waals surface area contributed by atoms with E-state index in [0.29, 0.717) is 23.4 Å². The molecule has 2 unspecified atom stereocenters. The van der Waals surface area contributed by atoms with Crippen LogP contribution >= 0.6 is 0 Å². The summed E-state index contributed by atoms with van der Waals surface area (Å²) in [7, 11) is 0. The van der Waals surface area contributed by atoms with Gasteiger partial charge in [0.15, 0.2) is 0 Å². The second kappa shape index (κ2) is 5.57. The minimum atomic E-state index is -0.710. The van der Waals surface area contributed by atoms with Crippen molar-refractivity contribution in [3.05, 3.63) is 11.9 Å². The van der Waals surface area contributed by atoms with Crippen molar-refractivity contribution in [2.75, 3.05) is 0 Å². The average Bonchev–Trinajstić information content (AvgIpc) is 3.15. The Morgan fingerprint density at radius 1 is 1.25 bits per heavy atom. The van der Waals surface area contributed by atoms with Crippen LogP contribution in [0.1, 0.15) is 51.6 Å². The van der Waals surface area contributed by atoms with Crippen LogP contribution in [0.15, 0.2) is 6.20 Å². The number of nitrogens with zero attached hydrogens (tertiary/aromatic N) is 4. The molecule has 2 atom stereocenters. The summed E-state index contributed by atoms with van der Waals surface area (Å²) in [6, 6.07) is -0.293. The first kappa shape index (κ1) is 15.6. The Labute approximate surface area is 141 Å². The SMILES string of the molecule is CC1CC(C)CC2(C1)NC(=O)N(Cc1cn(CC3CC3)nn1)C2=O. The molecular formula is C17H25N5O2. The lowest BCUT2D eigenvalue weighted by Gasteiger charge is -2.37. The van der Waals surface area contributed by atoms with Crippen LogP contribution in [-0.2, 0) is 17.9 Å².